The maximum atomic E-state index is 11.8. The first-order valence-electron chi connectivity index (χ1n) is 6.57. The minimum Gasteiger partial charge on any atom is -0.351 e. The molecule has 0 saturated heterocycles. The molecule has 0 aliphatic carbocycles. The van der Waals surface area contributed by atoms with Crippen molar-refractivity contribution in [3.8, 4) is 0 Å². The van der Waals surface area contributed by atoms with Crippen molar-refractivity contribution < 1.29 is 4.79 Å². The number of hydrogen-bond acceptors (Lipinski definition) is 2. The first kappa shape index (κ1) is 17.7. The van der Waals surface area contributed by atoms with E-state index in [1.54, 1.807) is 23.9 Å². The van der Waals surface area contributed by atoms with Crippen LogP contribution in [-0.4, -0.2) is 11.7 Å². The van der Waals surface area contributed by atoms with Gasteiger partial charge in [0.05, 0.1) is 5.75 Å². The van der Waals surface area contributed by atoms with Gasteiger partial charge in [-0.2, -0.15) is 0 Å². The molecule has 0 radical (unpaired) electrons. The van der Waals surface area contributed by atoms with Crippen molar-refractivity contribution in [2.24, 2.45) is 0 Å². The summed E-state index contributed by atoms with van der Waals surface area (Å²) in [6.45, 7) is 0.410. The van der Waals surface area contributed by atoms with Crippen LogP contribution >= 0.6 is 50.9 Å². The molecule has 0 atom stereocenters. The fourth-order valence-electron chi connectivity index (χ4n) is 1.75. The molecule has 2 aromatic rings. The van der Waals surface area contributed by atoms with Crippen molar-refractivity contribution >= 4 is 56.8 Å². The summed E-state index contributed by atoms with van der Waals surface area (Å²) < 4.78 is 1.05. The van der Waals surface area contributed by atoms with Crippen molar-refractivity contribution in [2.75, 3.05) is 5.75 Å². The molecule has 6 heteroatoms. The van der Waals surface area contributed by atoms with E-state index in [9.17, 15) is 4.79 Å². The van der Waals surface area contributed by atoms with Crippen molar-refractivity contribution in [2.45, 2.75) is 12.3 Å². The van der Waals surface area contributed by atoms with Crippen molar-refractivity contribution in [3.63, 3.8) is 0 Å². The average Bonchev–Trinajstić information content (AvgIpc) is 2.48. The molecule has 1 N–H and O–H groups in total. The predicted octanol–water partition coefficient (Wildman–Crippen LogP) is 5.31. The number of rotatable bonds is 6. The number of amides is 1. The zero-order chi connectivity index (χ0) is 15.9. The largest absolute Gasteiger partial charge is 0.351 e. The molecule has 2 nitrogen and oxygen atoms in total. The number of nitrogens with one attached hydrogen (secondary N) is 1. The fourth-order valence-corrected chi connectivity index (χ4v) is 3.31. The maximum absolute atomic E-state index is 11.8. The van der Waals surface area contributed by atoms with Crippen LogP contribution < -0.4 is 5.32 Å². The van der Waals surface area contributed by atoms with Gasteiger partial charge in [-0.1, -0.05) is 57.3 Å². The summed E-state index contributed by atoms with van der Waals surface area (Å²) in [7, 11) is 0. The van der Waals surface area contributed by atoms with E-state index in [1.807, 2.05) is 30.3 Å². The molecule has 0 bridgehead atoms. The smallest absolute Gasteiger partial charge is 0.230 e. The minimum atomic E-state index is -0.00636. The Labute approximate surface area is 152 Å². The van der Waals surface area contributed by atoms with Crippen LogP contribution in [-0.2, 0) is 17.1 Å². The molecule has 0 aliphatic heterocycles. The van der Waals surface area contributed by atoms with Crippen molar-refractivity contribution in [1.82, 2.24) is 5.32 Å². The van der Waals surface area contributed by atoms with Gasteiger partial charge in [-0.3, -0.25) is 4.79 Å². The molecule has 1 amide bonds. The van der Waals surface area contributed by atoms with Gasteiger partial charge < -0.3 is 5.32 Å². The molecule has 0 spiro atoms. The van der Waals surface area contributed by atoms with E-state index in [4.69, 9.17) is 23.2 Å². The zero-order valence-corrected chi connectivity index (χ0v) is 15.5. The van der Waals surface area contributed by atoms with Crippen LogP contribution in [0.15, 0.2) is 46.9 Å². The third-order valence-corrected chi connectivity index (χ3v) is 5.03. The standard InChI is InChI=1S/C16H14BrCl2NOS/c17-13-4-1-11(2-5-13)9-22-10-16(21)20-8-12-3-6-14(18)7-15(12)19/h1-7H,8-10H2,(H,20,21). The highest BCUT2D eigenvalue weighted by atomic mass is 79.9. The highest BCUT2D eigenvalue weighted by Gasteiger charge is 2.05. The molecule has 0 heterocycles. The van der Waals surface area contributed by atoms with Crippen LogP contribution in [0.3, 0.4) is 0 Å². The number of hydrogen-bond donors (Lipinski definition) is 1. The second kappa shape index (κ2) is 8.82. The first-order valence-corrected chi connectivity index (χ1v) is 9.28. The highest BCUT2D eigenvalue weighted by molar-refractivity contribution is 9.10. The van der Waals surface area contributed by atoms with Gasteiger partial charge in [-0.15, -0.1) is 11.8 Å². The Morgan fingerprint density at radius 2 is 1.86 bits per heavy atom. The molecule has 0 aromatic heterocycles. The molecule has 22 heavy (non-hydrogen) atoms. The molecule has 2 rings (SSSR count). The summed E-state index contributed by atoms with van der Waals surface area (Å²) in [5.74, 6) is 1.22. The first-order chi connectivity index (χ1) is 10.5. The van der Waals surface area contributed by atoms with E-state index in [0.29, 0.717) is 22.3 Å². The Hall–Kier alpha value is -0.680. The highest BCUT2D eigenvalue weighted by Crippen LogP contribution is 2.21. The predicted molar refractivity (Wildman–Crippen MR) is 98.6 cm³/mol. The average molecular weight is 419 g/mol. The lowest BCUT2D eigenvalue weighted by Gasteiger charge is -2.07. The van der Waals surface area contributed by atoms with E-state index in [-0.39, 0.29) is 5.91 Å². The van der Waals surface area contributed by atoms with Gasteiger partial charge in [-0.05, 0) is 35.4 Å². The van der Waals surface area contributed by atoms with Crippen LogP contribution in [0.5, 0.6) is 0 Å². The van der Waals surface area contributed by atoms with E-state index in [2.05, 4.69) is 21.2 Å². The normalized spacial score (nSPS) is 10.5. The molecule has 116 valence electrons. The summed E-state index contributed by atoms with van der Waals surface area (Å²) in [5.41, 5.74) is 2.05. The van der Waals surface area contributed by atoms with Gasteiger partial charge in [0.2, 0.25) is 5.91 Å². The molecule has 0 saturated carbocycles. The molecule has 0 unspecified atom stereocenters. The second-order valence-corrected chi connectivity index (χ2v) is 7.38. The Morgan fingerprint density at radius 3 is 2.55 bits per heavy atom. The summed E-state index contributed by atoms with van der Waals surface area (Å²) in [6, 6.07) is 13.3. The third-order valence-electron chi connectivity index (χ3n) is 2.91. The third kappa shape index (κ3) is 5.84. The zero-order valence-electron chi connectivity index (χ0n) is 11.6. The van der Waals surface area contributed by atoms with Crippen LogP contribution in [0.2, 0.25) is 10.0 Å². The lowest BCUT2D eigenvalue weighted by molar-refractivity contribution is -0.118. The Balaban J connectivity index is 1.72. The van der Waals surface area contributed by atoms with E-state index in [1.165, 1.54) is 5.56 Å². The molecule has 0 fully saturated rings. The monoisotopic (exact) mass is 417 g/mol. The summed E-state index contributed by atoms with van der Waals surface area (Å²) in [5, 5.41) is 4.01. The SMILES string of the molecule is O=C(CSCc1ccc(Br)cc1)NCc1ccc(Cl)cc1Cl. The van der Waals surface area contributed by atoms with Gasteiger partial charge in [0.25, 0.3) is 0 Å². The number of thioether (sulfide) groups is 1. The van der Waals surface area contributed by atoms with Crippen LogP contribution in [0.1, 0.15) is 11.1 Å². The molecular formula is C16H14BrCl2NOS. The number of carbonyl (C=O) groups is 1. The maximum Gasteiger partial charge on any atom is 0.230 e. The number of halogens is 3. The van der Waals surface area contributed by atoms with Gasteiger partial charge in [-0.25, -0.2) is 0 Å². The quantitative estimate of drug-likeness (QED) is 0.688. The summed E-state index contributed by atoms with van der Waals surface area (Å²) in [4.78, 5) is 11.8. The van der Waals surface area contributed by atoms with Gasteiger partial charge >= 0.3 is 0 Å². The van der Waals surface area contributed by atoms with Crippen LogP contribution in [0.25, 0.3) is 0 Å². The topological polar surface area (TPSA) is 29.1 Å². The second-order valence-electron chi connectivity index (χ2n) is 4.63. The van der Waals surface area contributed by atoms with E-state index < -0.39 is 0 Å². The lowest BCUT2D eigenvalue weighted by Crippen LogP contribution is -2.24. The number of carbonyl (C=O) groups excluding carboxylic acids is 1. The summed E-state index contributed by atoms with van der Waals surface area (Å²) in [6.07, 6.45) is 0. The molecule has 0 aliphatic rings. The lowest BCUT2D eigenvalue weighted by atomic mass is 10.2. The van der Waals surface area contributed by atoms with Crippen molar-refractivity contribution in [1.29, 1.82) is 0 Å². The van der Waals surface area contributed by atoms with E-state index >= 15 is 0 Å². The Kier molecular flexibility index (Phi) is 7.09. The Bertz CT molecular complexity index is 649. The van der Waals surface area contributed by atoms with Crippen LogP contribution in [0, 0.1) is 0 Å². The van der Waals surface area contributed by atoms with Crippen molar-refractivity contribution in [3.05, 3.63) is 68.1 Å². The summed E-state index contributed by atoms with van der Waals surface area (Å²) >= 11 is 16.9. The van der Waals surface area contributed by atoms with Crippen LogP contribution in [0.4, 0.5) is 0 Å². The van der Waals surface area contributed by atoms with E-state index in [0.717, 1.165) is 15.8 Å². The van der Waals surface area contributed by atoms with Gasteiger partial charge in [0.15, 0.2) is 0 Å². The molecule has 2 aromatic carbocycles. The minimum absolute atomic E-state index is 0.00636. The fraction of sp³-hybridized carbons (Fsp3) is 0.188. The Morgan fingerprint density at radius 1 is 1.14 bits per heavy atom. The number of benzene rings is 2. The molecular weight excluding hydrogens is 405 g/mol. The van der Waals surface area contributed by atoms with Gasteiger partial charge in [0.1, 0.15) is 0 Å². The van der Waals surface area contributed by atoms with Gasteiger partial charge in [0, 0.05) is 26.8 Å².